The minimum atomic E-state index is 0.440. The van der Waals surface area contributed by atoms with Crippen LogP contribution in [0.1, 0.15) is 33.6 Å². The third-order valence-corrected chi connectivity index (χ3v) is 2.01. The van der Waals surface area contributed by atoms with Crippen molar-refractivity contribution in [1.82, 2.24) is 4.90 Å². The summed E-state index contributed by atoms with van der Waals surface area (Å²) < 4.78 is 0. The lowest BCUT2D eigenvalue weighted by molar-refractivity contribution is 0.510. The van der Waals surface area contributed by atoms with Crippen LogP contribution in [0, 0.1) is 0 Å². The van der Waals surface area contributed by atoms with Crippen LogP contribution in [0.25, 0.3) is 0 Å². The summed E-state index contributed by atoms with van der Waals surface area (Å²) in [6.45, 7) is 8.79. The molecule has 0 aliphatic carbocycles. The fourth-order valence-corrected chi connectivity index (χ4v) is 1.50. The van der Waals surface area contributed by atoms with Gasteiger partial charge < -0.3 is 4.90 Å². The fraction of sp³-hybridized carbons (Fsp3) is 0.889. The Morgan fingerprint density at radius 2 is 1.82 bits per heavy atom. The van der Waals surface area contributed by atoms with Gasteiger partial charge in [0.2, 0.25) is 0 Å². The van der Waals surface area contributed by atoms with E-state index in [9.17, 15) is 0 Å². The summed E-state index contributed by atoms with van der Waals surface area (Å²) in [5.41, 5.74) is 0. The molecule has 1 fully saturated rings. The molecule has 1 heterocycles. The van der Waals surface area contributed by atoms with Crippen molar-refractivity contribution in [2.24, 2.45) is 4.99 Å². The summed E-state index contributed by atoms with van der Waals surface area (Å²) in [4.78, 5) is 6.88. The predicted molar refractivity (Wildman–Crippen MR) is 49.1 cm³/mol. The van der Waals surface area contributed by atoms with Crippen molar-refractivity contribution in [2.45, 2.75) is 39.7 Å². The lowest BCUT2D eigenvalue weighted by Crippen LogP contribution is -2.25. The summed E-state index contributed by atoms with van der Waals surface area (Å²) in [6, 6.07) is 0.440. The Hall–Kier alpha value is -0.530. The average Bonchev–Trinajstić information content (AvgIpc) is 2.35. The largest absolute Gasteiger partial charge is 0.361 e. The molecule has 0 amide bonds. The molecule has 0 aromatic heterocycles. The molecule has 1 aliphatic heterocycles. The lowest BCUT2D eigenvalue weighted by atomic mass is 10.4. The highest BCUT2D eigenvalue weighted by Crippen LogP contribution is 2.08. The van der Waals surface area contributed by atoms with Gasteiger partial charge in [-0.2, -0.15) is 0 Å². The molecule has 0 saturated carbocycles. The Balaban J connectivity index is 2.45. The molecule has 64 valence electrons. The Bertz CT molecular complexity index is 144. The van der Waals surface area contributed by atoms with Gasteiger partial charge in [0.05, 0.1) is 5.84 Å². The highest BCUT2D eigenvalue weighted by atomic mass is 15.2. The van der Waals surface area contributed by atoms with Crippen molar-refractivity contribution in [3.05, 3.63) is 0 Å². The summed E-state index contributed by atoms with van der Waals surface area (Å²) in [6.07, 6.45) is 2.68. The molecule has 0 spiro atoms. The molecule has 0 bridgehead atoms. The van der Waals surface area contributed by atoms with E-state index in [0.29, 0.717) is 6.04 Å². The van der Waals surface area contributed by atoms with Crippen molar-refractivity contribution in [2.75, 3.05) is 13.1 Å². The van der Waals surface area contributed by atoms with E-state index in [1.807, 2.05) is 0 Å². The standard InChI is InChI=1S/C9H18N2/c1-8(2)10-9(3)11-6-4-5-7-11/h8H,4-7H2,1-3H3/b10-9+. The molecule has 1 saturated heterocycles. The van der Waals surface area contributed by atoms with E-state index in [4.69, 9.17) is 0 Å². The highest BCUT2D eigenvalue weighted by Gasteiger charge is 2.12. The van der Waals surface area contributed by atoms with Crippen molar-refractivity contribution in [3.63, 3.8) is 0 Å². The second-order valence-electron chi connectivity index (χ2n) is 3.46. The number of amidine groups is 1. The van der Waals surface area contributed by atoms with Crippen molar-refractivity contribution >= 4 is 5.84 Å². The Morgan fingerprint density at radius 1 is 1.27 bits per heavy atom. The zero-order valence-electron chi connectivity index (χ0n) is 7.80. The molecular formula is C9H18N2. The van der Waals surface area contributed by atoms with E-state index >= 15 is 0 Å². The molecule has 2 heteroatoms. The van der Waals surface area contributed by atoms with E-state index in [1.54, 1.807) is 0 Å². The minimum absolute atomic E-state index is 0.440. The van der Waals surface area contributed by atoms with E-state index in [0.717, 1.165) is 0 Å². The van der Waals surface area contributed by atoms with Gasteiger partial charge in [-0.25, -0.2) is 0 Å². The number of hydrogen-bond donors (Lipinski definition) is 0. The molecule has 0 aromatic rings. The fourth-order valence-electron chi connectivity index (χ4n) is 1.50. The molecule has 0 N–H and O–H groups in total. The van der Waals surface area contributed by atoms with Gasteiger partial charge in [0.15, 0.2) is 0 Å². The van der Waals surface area contributed by atoms with Crippen LogP contribution in [-0.2, 0) is 0 Å². The first-order chi connectivity index (χ1) is 5.20. The monoisotopic (exact) mass is 154 g/mol. The number of aliphatic imine (C=N–C) groups is 1. The second-order valence-corrected chi connectivity index (χ2v) is 3.46. The molecule has 0 atom stereocenters. The lowest BCUT2D eigenvalue weighted by Gasteiger charge is -2.17. The maximum absolute atomic E-state index is 4.50. The Kier molecular flexibility index (Phi) is 2.92. The summed E-state index contributed by atoms with van der Waals surface area (Å²) in [5, 5.41) is 0. The van der Waals surface area contributed by atoms with Gasteiger partial charge >= 0.3 is 0 Å². The molecule has 2 nitrogen and oxygen atoms in total. The first kappa shape index (κ1) is 8.57. The van der Waals surface area contributed by atoms with Gasteiger partial charge in [-0.15, -0.1) is 0 Å². The van der Waals surface area contributed by atoms with Crippen molar-refractivity contribution in [1.29, 1.82) is 0 Å². The van der Waals surface area contributed by atoms with Crippen LogP contribution >= 0.6 is 0 Å². The van der Waals surface area contributed by atoms with Gasteiger partial charge in [0, 0.05) is 19.1 Å². The van der Waals surface area contributed by atoms with Crippen LogP contribution in [0.5, 0.6) is 0 Å². The third kappa shape index (κ3) is 2.52. The summed E-state index contributed by atoms with van der Waals surface area (Å²) in [7, 11) is 0. The highest BCUT2D eigenvalue weighted by molar-refractivity contribution is 5.80. The van der Waals surface area contributed by atoms with Crippen LogP contribution in [0.2, 0.25) is 0 Å². The van der Waals surface area contributed by atoms with Crippen LogP contribution in [0.15, 0.2) is 4.99 Å². The number of nitrogens with zero attached hydrogens (tertiary/aromatic N) is 2. The minimum Gasteiger partial charge on any atom is -0.361 e. The van der Waals surface area contributed by atoms with Gasteiger partial charge in [0.1, 0.15) is 0 Å². The van der Waals surface area contributed by atoms with E-state index in [-0.39, 0.29) is 0 Å². The molecule has 1 rings (SSSR count). The maximum Gasteiger partial charge on any atom is 0.0960 e. The quantitative estimate of drug-likeness (QED) is 0.416. The van der Waals surface area contributed by atoms with Gasteiger partial charge in [-0.05, 0) is 33.6 Å². The zero-order chi connectivity index (χ0) is 8.27. The number of hydrogen-bond acceptors (Lipinski definition) is 1. The Morgan fingerprint density at radius 3 is 2.27 bits per heavy atom. The van der Waals surface area contributed by atoms with Crippen LogP contribution in [-0.4, -0.2) is 29.9 Å². The maximum atomic E-state index is 4.50. The first-order valence-corrected chi connectivity index (χ1v) is 4.49. The zero-order valence-corrected chi connectivity index (χ0v) is 7.80. The number of likely N-dealkylation sites (tertiary alicyclic amines) is 1. The van der Waals surface area contributed by atoms with Crippen molar-refractivity contribution in [3.8, 4) is 0 Å². The van der Waals surface area contributed by atoms with Gasteiger partial charge in [0.25, 0.3) is 0 Å². The molecular weight excluding hydrogens is 136 g/mol. The van der Waals surface area contributed by atoms with Crippen LogP contribution < -0.4 is 0 Å². The predicted octanol–water partition coefficient (Wildman–Crippen LogP) is 1.91. The third-order valence-electron chi connectivity index (χ3n) is 2.01. The average molecular weight is 154 g/mol. The normalized spacial score (nSPS) is 20.0. The summed E-state index contributed by atoms with van der Waals surface area (Å²) in [5.74, 6) is 1.22. The molecule has 1 aliphatic rings. The second kappa shape index (κ2) is 3.74. The topological polar surface area (TPSA) is 15.6 Å². The molecule has 0 aromatic carbocycles. The van der Waals surface area contributed by atoms with Crippen molar-refractivity contribution < 1.29 is 0 Å². The van der Waals surface area contributed by atoms with Crippen LogP contribution in [0.3, 0.4) is 0 Å². The molecule has 0 unspecified atom stereocenters. The first-order valence-electron chi connectivity index (χ1n) is 4.49. The molecule has 0 radical (unpaired) electrons. The van der Waals surface area contributed by atoms with Crippen LogP contribution in [0.4, 0.5) is 0 Å². The Labute approximate surface area is 69.3 Å². The van der Waals surface area contributed by atoms with E-state index in [1.165, 1.54) is 31.8 Å². The van der Waals surface area contributed by atoms with E-state index in [2.05, 4.69) is 30.7 Å². The van der Waals surface area contributed by atoms with E-state index < -0.39 is 0 Å². The van der Waals surface area contributed by atoms with Gasteiger partial charge in [-0.1, -0.05) is 0 Å². The van der Waals surface area contributed by atoms with Gasteiger partial charge in [-0.3, -0.25) is 4.99 Å². The molecule has 11 heavy (non-hydrogen) atoms. The SMILES string of the molecule is C/C(=N\C(C)C)N1CCCC1. The number of rotatable bonds is 1. The summed E-state index contributed by atoms with van der Waals surface area (Å²) >= 11 is 0. The smallest absolute Gasteiger partial charge is 0.0960 e.